The number of benzene rings is 10. The molecule has 0 saturated carbocycles. The summed E-state index contributed by atoms with van der Waals surface area (Å²) in [4.78, 5) is 2.35. The summed E-state index contributed by atoms with van der Waals surface area (Å²) >= 11 is 0. The van der Waals surface area contributed by atoms with E-state index in [1.54, 1.807) is 0 Å². The van der Waals surface area contributed by atoms with E-state index in [1.807, 2.05) is 12.1 Å². The Bertz CT molecular complexity index is 3550. The molecule has 276 valence electrons. The molecule has 0 N–H and O–H groups in total. The predicted octanol–water partition coefficient (Wildman–Crippen LogP) is 16.3. The number of hydrogen-bond acceptors (Lipinski definition) is 3. The molecule has 0 saturated heterocycles. The normalized spacial score (nSPS) is 11.7. The zero-order chi connectivity index (χ0) is 38.9. The first-order valence-electron chi connectivity index (χ1n) is 20.1. The molecule has 0 radical (unpaired) electrons. The molecule has 3 nitrogen and oxygen atoms in total. The Kier molecular flexibility index (Phi) is 7.54. The van der Waals surface area contributed by atoms with Crippen LogP contribution in [0.15, 0.2) is 221 Å². The van der Waals surface area contributed by atoms with Gasteiger partial charge in [0.25, 0.3) is 0 Å². The minimum Gasteiger partial charge on any atom is -0.456 e. The fourth-order valence-electron chi connectivity index (χ4n) is 9.03. The lowest BCUT2D eigenvalue weighted by atomic mass is 9.97. The van der Waals surface area contributed by atoms with Gasteiger partial charge in [0.05, 0.1) is 0 Å². The third kappa shape index (κ3) is 5.51. The molecule has 12 rings (SSSR count). The van der Waals surface area contributed by atoms with Crippen LogP contribution in [0.3, 0.4) is 0 Å². The van der Waals surface area contributed by atoms with Gasteiger partial charge in [0.1, 0.15) is 22.3 Å². The topological polar surface area (TPSA) is 29.5 Å². The van der Waals surface area contributed by atoms with Gasteiger partial charge in [-0.25, -0.2) is 0 Å². The van der Waals surface area contributed by atoms with Crippen LogP contribution in [0, 0.1) is 0 Å². The maximum Gasteiger partial charge on any atom is 0.143 e. The Morgan fingerprint density at radius 3 is 1.68 bits per heavy atom. The molecular formula is C56H35NO2. The van der Waals surface area contributed by atoms with Crippen molar-refractivity contribution >= 4 is 82.5 Å². The van der Waals surface area contributed by atoms with Gasteiger partial charge in [0.2, 0.25) is 0 Å². The number of para-hydroxylation sites is 1. The molecule has 3 heteroatoms. The van der Waals surface area contributed by atoms with E-state index in [0.717, 1.165) is 88.6 Å². The largest absolute Gasteiger partial charge is 0.456 e. The molecule has 12 aromatic rings. The summed E-state index contributed by atoms with van der Waals surface area (Å²) < 4.78 is 12.7. The first kappa shape index (κ1) is 33.3. The van der Waals surface area contributed by atoms with Crippen LogP contribution in [0.5, 0.6) is 0 Å². The molecule has 0 atom stereocenters. The number of rotatable bonds is 6. The van der Waals surface area contributed by atoms with E-state index >= 15 is 0 Å². The summed E-state index contributed by atoms with van der Waals surface area (Å²) in [5, 5.41) is 9.30. The highest BCUT2D eigenvalue weighted by Gasteiger charge is 2.18. The zero-order valence-corrected chi connectivity index (χ0v) is 32.0. The summed E-state index contributed by atoms with van der Waals surface area (Å²) in [6.07, 6.45) is 0. The second-order valence-electron chi connectivity index (χ2n) is 15.3. The fraction of sp³-hybridized carbons (Fsp3) is 0. The van der Waals surface area contributed by atoms with Crippen LogP contribution in [0.2, 0.25) is 0 Å². The maximum atomic E-state index is 6.55. The van der Waals surface area contributed by atoms with Crippen molar-refractivity contribution in [1.29, 1.82) is 0 Å². The number of nitrogens with zero attached hydrogens (tertiary/aromatic N) is 1. The highest BCUT2D eigenvalue weighted by atomic mass is 16.3. The van der Waals surface area contributed by atoms with Crippen molar-refractivity contribution in [2.45, 2.75) is 0 Å². The molecule has 0 fully saturated rings. The molecule has 0 aliphatic rings. The van der Waals surface area contributed by atoms with Crippen molar-refractivity contribution in [1.82, 2.24) is 0 Å². The van der Waals surface area contributed by atoms with Gasteiger partial charge in [-0.1, -0.05) is 146 Å². The van der Waals surface area contributed by atoms with E-state index in [9.17, 15) is 0 Å². The summed E-state index contributed by atoms with van der Waals surface area (Å²) in [5.74, 6) is 0. The van der Waals surface area contributed by atoms with Gasteiger partial charge in [-0.3, -0.25) is 0 Å². The van der Waals surface area contributed by atoms with Crippen LogP contribution >= 0.6 is 0 Å². The average Bonchev–Trinajstić information content (AvgIpc) is 3.88. The van der Waals surface area contributed by atoms with E-state index < -0.39 is 0 Å². The van der Waals surface area contributed by atoms with Crippen molar-refractivity contribution in [2.24, 2.45) is 0 Å². The SMILES string of the molecule is c1cc(-c2ccc3oc4ccccc4c3c2)cc(N(c2ccc(-c3cccc4ccccc34)cc2)c2ccc(-c3cccc4oc5c6ccccc6ccc5c34)cc2)c1. The molecule has 0 spiro atoms. The van der Waals surface area contributed by atoms with E-state index in [-0.39, 0.29) is 0 Å². The molecule has 0 bridgehead atoms. The van der Waals surface area contributed by atoms with Crippen LogP contribution in [0.25, 0.3) is 98.8 Å². The molecule has 2 heterocycles. The van der Waals surface area contributed by atoms with Crippen LogP contribution < -0.4 is 4.90 Å². The van der Waals surface area contributed by atoms with Gasteiger partial charge in [-0.05, 0) is 116 Å². The molecule has 0 amide bonds. The minimum absolute atomic E-state index is 0.893. The third-order valence-corrected chi connectivity index (χ3v) is 11.9. The Balaban J connectivity index is 0.979. The maximum absolute atomic E-state index is 6.55. The van der Waals surface area contributed by atoms with Crippen LogP contribution in [-0.4, -0.2) is 0 Å². The molecule has 59 heavy (non-hydrogen) atoms. The van der Waals surface area contributed by atoms with Crippen LogP contribution in [0.4, 0.5) is 17.1 Å². The summed E-state index contributed by atoms with van der Waals surface area (Å²) in [7, 11) is 0. The number of fused-ring (bicyclic) bond motifs is 9. The second kappa shape index (κ2) is 13.4. The highest BCUT2D eigenvalue weighted by Crippen LogP contribution is 2.43. The van der Waals surface area contributed by atoms with Crippen molar-refractivity contribution in [3.63, 3.8) is 0 Å². The van der Waals surface area contributed by atoms with Gasteiger partial charge >= 0.3 is 0 Å². The highest BCUT2D eigenvalue weighted by molar-refractivity contribution is 6.19. The van der Waals surface area contributed by atoms with Crippen molar-refractivity contribution < 1.29 is 8.83 Å². The summed E-state index contributed by atoms with van der Waals surface area (Å²) in [5.41, 5.74) is 13.8. The monoisotopic (exact) mass is 753 g/mol. The van der Waals surface area contributed by atoms with Crippen molar-refractivity contribution in [3.8, 4) is 33.4 Å². The molecule has 0 aliphatic carbocycles. The van der Waals surface area contributed by atoms with Gasteiger partial charge in [-0.2, -0.15) is 0 Å². The van der Waals surface area contributed by atoms with E-state index in [1.165, 1.54) is 27.3 Å². The van der Waals surface area contributed by atoms with Gasteiger partial charge in [0.15, 0.2) is 0 Å². The molecule has 0 unspecified atom stereocenters. The fourth-order valence-corrected chi connectivity index (χ4v) is 9.03. The number of furan rings is 2. The van der Waals surface area contributed by atoms with Crippen LogP contribution in [0.1, 0.15) is 0 Å². The first-order valence-corrected chi connectivity index (χ1v) is 20.1. The lowest BCUT2D eigenvalue weighted by Crippen LogP contribution is -2.10. The lowest BCUT2D eigenvalue weighted by molar-refractivity contribution is 0.669. The Morgan fingerprint density at radius 1 is 0.288 bits per heavy atom. The summed E-state index contributed by atoms with van der Waals surface area (Å²) in [6, 6.07) is 75.8. The van der Waals surface area contributed by atoms with Crippen molar-refractivity contribution in [3.05, 3.63) is 212 Å². The molecule has 2 aromatic heterocycles. The third-order valence-electron chi connectivity index (χ3n) is 11.9. The Labute approximate surface area is 340 Å². The van der Waals surface area contributed by atoms with Gasteiger partial charge in [0, 0.05) is 44.0 Å². The Morgan fingerprint density at radius 2 is 0.864 bits per heavy atom. The number of hydrogen-bond donors (Lipinski definition) is 0. The van der Waals surface area contributed by atoms with Gasteiger partial charge < -0.3 is 13.7 Å². The smallest absolute Gasteiger partial charge is 0.143 e. The molecule has 0 aliphatic heterocycles. The number of anilines is 3. The Hall–Kier alpha value is -7.88. The van der Waals surface area contributed by atoms with Gasteiger partial charge in [-0.15, -0.1) is 0 Å². The lowest BCUT2D eigenvalue weighted by Gasteiger charge is -2.26. The second-order valence-corrected chi connectivity index (χ2v) is 15.3. The molecular weight excluding hydrogens is 719 g/mol. The first-order chi connectivity index (χ1) is 29.2. The quantitative estimate of drug-likeness (QED) is 0.169. The van der Waals surface area contributed by atoms with E-state index in [0.29, 0.717) is 0 Å². The van der Waals surface area contributed by atoms with Crippen LogP contribution in [-0.2, 0) is 0 Å². The predicted molar refractivity (Wildman–Crippen MR) is 247 cm³/mol. The van der Waals surface area contributed by atoms with E-state index in [2.05, 4.69) is 205 Å². The zero-order valence-electron chi connectivity index (χ0n) is 32.0. The van der Waals surface area contributed by atoms with Crippen molar-refractivity contribution in [2.75, 3.05) is 4.90 Å². The minimum atomic E-state index is 0.893. The molecule has 10 aromatic carbocycles. The standard InChI is InChI=1S/C56H35NO2/c1-3-15-45-36(10-1)12-8-18-46(45)38-22-28-42(29-23-38)57(44-14-7-13-40(34-44)41-27-33-53-51(35-41)49-17-5-6-20-52(49)58-53)43-30-24-39(25-31-43)47-19-9-21-54-55(47)50-32-26-37-11-2-4-16-48(37)56(50)59-54/h1-35H. The van der Waals surface area contributed by atoms with E-state index in [4.69, 9.17) is 8.83 Å². The summed E-state index contributed by atoms with van der Waals surface area (Å²) in [6.45, 7) is 0. The average molecular weight is 754 g/mol.